The van der Waals surface area contributed by atoms with Gasteiger partial charge in [0.25, 0.3) is 0 Å². The molecular weight excluding hydrogens is 336 g/mol. The first-order valence-corrected chi connectivity index (χ1v) is 9.75. The zero-order chi connectivity index (χ0) is 18.3. The number of nitrogens with zero attached hydrogens (tertiary/aromatic N) is 2. The van der Waals surface area contributed by atoms with Gasteiger partial charge in [-0.05, 0) is 11.1 Å². The summed E-state index contributed by atoms with van der Waals surface area (Å²) in [5.74, 6) is -0.366. The molecule has 0 bridgehead atoms. The average Bonchev–Trinajstić information content (AvgIpc) is 2.61. The highest BCUT2D eigenvalue weighted by atomic mass is 32.2. The van der Waals surface area contributed by atoms with Gasteiger partial charge in [-0.1, -0.05) is 60.7 Å². The van der Waals surface area contributed by atoms with Crippen LogP contribution in [0.25, 0.3) is 0 Å². The Balaban J connectivity index is 1.86. The van der Waals surface area contributed by atoms with E-state index in [1.807, 2.05) is 60.7 Å². The van der Waals surface area contributed by atoms with E-state index < -0.39 is 10.0 Å². The van der Waals surface area contributed by atoms with E-state index in [0.29, 0.717) is 13.1 Å². The van der Waals surface area contributed by atoms with Gasteiger partial charge >= 0.3 is 0 Å². The van der Waals surface area contributed by atoms with E-state index in [1.54, 1.807) is 19.0 Å². The van der Waals surface area contributed by atoms with Crippen LogP contribution in [0.4, 0.5) is 0 Å². The van der Waals surface area contributed by atoms with Crippen molar-refractivity contribution in [2.45, 2.75) is 19.5 Å². The molecule has 5 nitrogen and oxygen atoms in total. The Hall–Kier alpha value is -2.18. The molecule has 0 N–H and O–H groups in total. The average molecular weight is 360 g/mol. The van der Waals surface area contributed by atoms with Crippen LogP contribution >= 0.6 is 0 Å². The fourth-order valence-corrected chi connectivity index (χ4v) is 3.54. The van der Waals surface area contributed by atoms with Gasteiger partial charge in [0.15, 0.2) is 0 Å². The number of sulfonamides is 1. The van der Waals surface area contributed by atoms with Gasteiger partial charge in [0.05, 0.1) is 5.75 Å². The second-order valence-electron chi connectivity index (χ2n) is 6.04. The predicted molar refractivity (Wildman–Crippen MR) is 99.2 cm³/mol. The maximum Gasteiger partial charge on any atom is 0.223 e. The molecule has 0 aromatic heterocycles. The number of hydrogen-bond acceptors (Lipinski definition) is 3. The Labute approximate surface area is 149 Å². The molecule has 0 aliphatic heterocycles. The third-order valence-corrected chi connectivity index (χ3v) is 5.78. The molecule has 0 aliphatic rings. The Morgan fingerprint density at radius 2 is 1.32 bits per heavy atom. The van der Waals surface area contributed by atoms with Gasteiger partial charge in [0.2, 0.25) is 15.9 Å². The quantitative estimate of drug-likeness (QED) is 0.727. The highest BCUT2D eigenvalue weighted by molar-refractivity contribution is 7.89. The summed E-state index contributed by atoms with van der Waals surface area (Å²) in [6.07, 6.45) is -0.0230. The first-order chi connectivity index (χ1) is 11.9. The first kappa shape index (κ1) is 19.1. The molecule has 1 amide bonds. The van der Waals surface area contributed by atoms with E-state index in [2.05, 4.69) is 0 Å². The number of amides is 1. The Morgan fingerprint density at radius 3 is 1.84 bits per heavy atom. The van der Waals surface area contributed by atoms with Gasteiger partial charge in [-0.2, -0.15) is 0 Å². The summed E-state index contributed by atoms with van der Waals surface area (Å²) in [6, 6.07) is 19.0. The lowest BCUT2D eigenvalue weighted by atomic mass is 10.2. The zero-order valence-electron chi connectivity index (χ0n) is 14.6. The fraction of sp³-hybridized carbons (Fsp3) is 0.316. The third-order valence-electron chi connectivity index (χ3n) is 3.99. The van der Waals surface area contributed by atoms with Gasteiger partial charge in [0, 0.05) is 33.6 Å². The van der Waals surface area contributed by atoms with Crippen LogP contribution in [0.2, 0.25) is 0 Å². The summed E-state index contributed by atoms with van der Waals surface area (Å²) in [5.41, 5.74) is 1.93. The first-order valence-electron chi connectivity index (χ1n) is 8.14. The fourth-order valence-electron chi connectivity index (χ4n) is 2.45. The Morgan fingerprint density at radius 1 is 0.840 bits per heavy atom. The van der Waals surface area contributed by atoms with Crippen LogP contribution in [0.1, 0.15) is 17.5 Å². The summed E-state index contributed by atoms with van der Waals surface area (Å²) in [6.45, 7) is 0.775. The molecule has 0 spiro atoms. The van der Waals surface area contributed by atoms with E-state index in [-0.39, 0.29) is 18.1 Å². The summed E-state index contributed by atoms with van der Waals surface area (Å²) < 4.78 is 26.0. The molecule has 0 saturated carbocycles. The van der Waals surface area contributed by atoms with Crippen molar-refractivity contribution in [3.8, 4) is 0 Å². The predicted octanol–water partition coefficient (Wildman–Crippen LogP) is 2.50. The topological polar surface area (TPSA) is 57.7 Å². The number of benzene rings is 2. The Kier molecular flexibility index (Phi) is 6.73. The monoisotopic (exact) mass is 360 g/mol. The minimum absolute atomic E-state index is 0.0230. The normalized spacial score (nSPS) is 11.5. The largest absolute Gasteiger partial charge is 0.341 e. The van der Waals surface area contributed by atoms with E-state index in [4.69, 9.17) is 0 Å². The van der Waals surface area contributed by atoms with Crippen molar-refractivity contribution < 1.29 is 13.2 Å². The molecule has 0 atom stereocenters. The molecular formula is C19H24N2O3S. The van der Waals surface area contributed by atoms with Crippen LogP contribution in [0, 0.1) is 0 Å². The van der Waals surface area contributed by atoms with Crippen molar-refractivity contribution in [3.63, 3.8) is 0 Å². The lowest BCUT2D eigenvalue weighted by Gasteiger charge is -2.20. The molecule has 2 aromatic carbocycles. The second-order valence-corrected chi connectivity index (χ2v) is 8.24. The standard InChI is InChI=1S/C19H24N2O3S/c1-20(15-17-9-5-3-6-10-17)19(22)13-14-25(23,24)21(2)16-18-11-7-4-8-12-18/h3-12H,13-16H2,1-2H3. The highest BCUT2D eigenvalue weighted by Crippen LogP contribution is 2.10. The van der Waals surface area contributed by atoms with Crippen LogP contribution < -0.4 is 0 Å². The van der Waals surface area contributed by atoms with Crippen LogP contribution in [-0.4, -0.2) is 43.4 Å². The molecule has 0 heterocycles. The summed E-state index contributed by atoms with van der Waals surface area (Å²) in [4.78, 5) is 13.8. The molecule has 25 heavy (non-hydrogen) atoms. The van der Waals surface area contributed by atoms with Crippen molar-refractivity contribution in [2.75, 3.05) is 19.8 Å². The molecule has 0 unspecified atom stereocenters. The van der Waals surface area contributed by atoms with Gasteiger partial charge in [-0.15, -0.1) is 0 Å². The van der Waals surface area contributed by atoms with E-state index in [1.165, 1.54) is 4.31 Å². The minimum atomic E-state index is -3.47. The molecule has 0 radical (unpaired) electrons. The van der Waals surface area contributed by atoms with Crippen molar-refractivity contribution in [1.82, 2.24) is 9.21 Å². The number of rotatable bonds is 8. The van der Waals surface area contributed by atoms with Gasteiger partial charge < -0.3 is 4.90 Å². The van der Waals surface area contributed by atoms with Crippen LogP contribution in [0.5, 0.6) is 0 Å². The summed E-state index contributed by atoms with van der Waals surface area (Å²) >= 11 is 0. The van der Waals surface area contributed by atoms with E-state index >= 15 is 0 Å². The molecule has 0 fully saturated rings. The maximum absolute atomic E-state index is 12.4. The van der Waals surface area contributed by atoms with Crippen LogP contribution in [0.3, 0.4) is 0 Å². The Bertz CT molecular complexity index is 777. The van der Waals surface area contributed by atoms with E-state index in [9.17, 15) is 13.2 Å². The van der Waals surface area contributed by atoms with Gasteiger partial charge in [0.1, 0.15) is 0 Å². The van der Waals surface area contributed by atoms with E-state index in [0.717, 1.165) is 11.1 Å². The van der Waals surface area contributed by atoms with Crippen molar-refractivity contribution >= 4 is 15.9 Å². The smallest absolute Gasteiger partial charge is 0.223 e. The molecule has 0 saturated heterocycles. The van der Waals surface area contributed by atoms with Crippen molar-refractivity contribution in [2.24, 2.45) is 0 Å². The van der Waals surface area contributed by atoms with Gasteiger partial charge in [-0.3, -0.25) is 4.79 Å². The molecule has 134 valence electrons. The summed E-state index contributed by atoms with van der Waals surface area (Å²) in [7, 11) is -0.242. The zero-order valence-corrected chi connectivity index (χ0v) is 15.4. The lowest BCUT2D eigenvalue weighted by molar-refractivity contribution is -0.130. The number of carbonyl (C=O) groups is 1. The molecule has 2 aromatic rings. The van der Waals surface area contributed by atoms with Gasteiger partial charge in [-0.25, -0.2) is 12.7 Å². The minimum Gasteiger partial charge on any atom is -0.341 e. The highest BCUT2D eigenvalue weighted by Gasteiger charge is 2.21. The molecule has 6 heteroatoms. The SMILES string of the molecule is CN(Cc1ccccc1)C(=O)CCS(=O)(=O)N(C)Cc1ccccc1. The lowest BCUT2D eigenvalue weighted by Crippen LogP contribution is -2.33. The second kappa shape index (κ2) is 8.78. The number of hydrogen-bond donors (Lipinski definition) is 0. The van der Waals surface area contributed by atoms with Crippen LogP contribution in [-0.2, 0) is 27.9 Å². The van der Waals surface area contributed by atoms with Crippen LogP contribution in [0.15, 0.2) is 60.7 Å². The summed E-state index contributed by atoms with van der Waals surface area (Å²) in [5, 5.41) is 0. The maximum atomic E-state index is 12.4. The third kappa shape index (κ3) is 5.99. The van der Waals surface area contributed by atoms with Crippen molar-refractivity contribution in [3.05, 3.63) is 71.8 Å². The number of carbonyl (C=O) groups excluding carboxylic acids is 1. The van der Waals surface area contributed by atoms with Crippen molar-refractivity contribution in [1.29, 1.82) is 0 Å². The molecule has 2 rings (SSSR count). The molecule has 0 aliphatic carbocycles.